The number of furan rings is 1. The molecule has 0 amide bonds. The Hall–Kier alpha value is -0.190. The van der Waals surface area contributed by atoms with E-state index in [0.29, 0.717) is 5.69 Å². The van der Waals surface area contributed by atoms with Crippen LogP contribution < -0.4 is 5.73 Å². The second-order valence-electron chi connectivity index (χ2n) is 1.15. The molecule has 0 atom stereocenters. The summed E-state index contributed by atoms with van der Waals surface area (Å²) in [5.41, 5.74) is 6.05. The minimum atomic E-state index is 0.709. The van der Waals surface area contributed by atoms with Gasteiger partial charge >= 0.3 is 0 Å². The Kier molecular flexibility index (Phi) is 1.23. The zero-order chi connectivity index (χ0) is 5.28. The molecule has 0 fully saturated rings. The molecule has 0 aliphatic rings. The van der Waals surface area contributed by atoms with Crippen molar-refractivity contribution in [3.63, 3.8) is 0 Å². The predicted molar refractivity (Wildman–Crippen MR) is 35.8 cm³/mol. The lowest BCUT2D eigenvalue weighted by molar-refractivity contribution is 0.539. The van der Waals surface area contributed by atoms with Crippen molar-refractivity contribution in [1.29, 1.82) is 0 Å². The average molecular weight is 209 g/mol. The van der Waals surface area contributed by atoms with Crippen molar-refractivity contribution in [2.45, 2.75) is 0 Å². The van der Waals surface area contributed by atoms with Crippen molar-refractivity contribution < 1.29 is 4.42 Å². The van der Waals surface area contributed by atoms with Gasteiger partial charge in [-0.15, -0.1) is 0 Å². The molecular formula is C4H4INO. The van der Waals surface area contributed by atoms with E-state index in [9.17, 15) is 0 Å². The van der Waals surface area contributed by atoms with Crippen molar-refractivity contribution in [2.24, 2.45) is 0 Å². The van der Waals surface area contributed by atoms with Crippen LogP contribution in [0.25, 0.3) is 0 Å². The maximum atomic E-state index is 5.34. The van der Waals surface area contributed by atoms with Gasteiger partial charge in [0.15, 0.2) is 3.77 Å². The Morgan fingerprint density at radius 3 is 2.57 bits per heavy atom. The van der Waals surface area contributed by atoms with Gasteiger partial charge in [0.25, 0.3) is 0 Å². The summed E-state index contributed by atoms with van der Waals surface area (Å²) in [6.07, 6.45) is 1.57. The highest BCUT2D eigenvalue weighted by molar-refractivity contribution is 14.1. The number of hydrogen-bond donors (Lipinski definition) is 1. The summed E-state index contributed by atoms with van der Waals surface area (Å²) < 4.78 is 5.59. The first-order valence-electron chi connectivity index (χ1n) is 1.79. The van der Waals surface area contributed by atoms with Crippen LogP contribution in [0, 0.1) is 3.77 Å². The average Bonchev–Trinajstić information content (AvgIpc) is 1.91. The first kappa shape index (κ1) is 4.96. The fourth-order valence-electron chi connectivity index (χ4n) is 0.301. The largest absolute Gasteiger partial charge is 0.456 e. The molecule has 0 aliphatic carbocycles. The Bertz CT molecular complexity index is 144. The normalized spacial score (nSPS) is 9.29. The topological polar surface area (TPSA) is 39.2 Å². The molecule has 38 valence electrons. The summed E-state index contributed by atoms with van der Waals surface area (Å²) in [7, 11) is 0. The Morgan fingerprint density at radius 1 is 1.71 bits per heavy atom. The van der Waals surface area contributed by atoms with Crippen molar-refractivity contribution in [1.82, 2.24) is 0 Å². The maximum Gasteiger partial charge on any atom is 0.186 e. The van der Waals surface area contributed by atoms with Crippen LogP contribution in [0.1, 0.15) is 0 Å². The van der Waals surface area contributed by atoms with Gasteiger partial charge in [-0.2, -0.15) is 0 Å². The number of hydrogen-bond acceptors (Lipinski definition) is 2. The van der Waals surface area contributed by atoms with E-state index in [0.717, 1.165) is 3.77 Å². The van der Waals surface area contributed by atoms with Crippen LogP contribution in [0.3, 0.4) is 0 Å². The second-order valence-corrected chi connectivity index (χ2v) is 2.13. The first-order chi connectivity index (χ1) is 3.30. The summed E-state index contributed by atoms with van der Waals surface area (Å²) in [6, 6.07) is 1.72. The second kappa shape index (κ2) is 1.73. The number of nitrogen functional groups attached to an aromatic ring is 1. The molecule has 0 aliphatic heterocycles. The molecule has 7 heavy (non-hydrogen) atoms. The lowest BCUT2D eigenvalue weighted by Gasteiger charge is -1.77. The van der Waals surface area contributed by atoms with E-state index in [-0.39, 0.29) is 0 Å². The minimum absolute atomic E-state index is 0.709. The molecule has 0 spiro atoms. The monoisotopic (exact) mass is 209 g/mol. The molecular weight excluding hydrogens is 205 g/mol. The fraction of sp³-hybridized carbons (Fsp3) is 0. The van der Waals surface area contributed by atoms with Crippen molar-refractivity contribution >= 4 is 28.3 Å². The Labute approximate surface area is 54.8 Å². The first-order valence-corrected chi connectivity index (χ1v) is 2.87. The molecule has 2 nitrogen and oxygen atoms in total. The molecule has 0 unspecified atom stereocenters. The minimum Gasteiger partial charge on any atom is -0.456 e. The highest BCUT2D eigenvalue weighted by Gasteiger charge is 1.92. The van der Waals surface area contributed by atoms with E-state index >= 15 is 0 Å². The molecule has 0 saturated heterocycles. The SMILES string of the molecule is Nc1ccoc1I. The van der Waals surface area contributed by atoms with Gasteiger partial charge in [0.05, 0.1) is 12.0 Å². The van der Waals surface area contributed by atoms with Gasteiger partial charge in [-0.3, -0.25) is 0 Å². The van der Waals surface area contributed by atoms with E-state index in [1.807, 2.05) is 22.6 Å². The third kappa shape index (κ3) is 0.876. The van der Waals surface area contributed by atoms with Crippen LogP contribution >= 0.6 is 22.6 Å². The Morgan fingerprint density at radius 2 is 2.43 bits per heavy atom. The van der Waals surface area contributed by atoms with Gasteiger partial charge in [0, 0.05) is 28.7 Å². The summed E-state index contributed by atoms with van der Waals surface area (Å²) in [5.74, 6) is 0. The molecule has 1 aromatic heterocycles. The number of nitrogens with two attached hydrogens (primary N) is 1. The highest BCUT2D eigenvalue weighted by Crippen LogP contribution is 2.13. The molecule has 2 N–H and O–H groups in total. The van der Waals surface area contributed by atoms with E-state index in [2.05, 4.69) is 0 Å². The quantitative estimate of drug-likeness (QED) is 0.657. The Balaban J connectivity index is 3.12. The maximum absolute atomic E-state index is 5.34. The van der Waals surface area contributed by atoms with Crippen LogP contribution in [-0.2, 0) is 0 Å². The molecule has 1 aromatic rings. The van der Waals surface area contributed by atoms with Gasteiger partial charge in [-0.1, -0.05) is 0 Å². The van der Waals surface area contributed by atoms with Gasteiger partial charge in [-0.05, 0) is 0 Å². The molecule has 0 aromatic carbocycles. The fourth-order valence-corrected chi connectivity index (χ4v) is 0.627. The lowest BCUT2D eigenvalue weighted by atomic mass is 10.6. The molecule has 0 saturated carbocycles. The van der Waals surface area contributed by atoms with Crippen LogP contribution in [0.5, 0.6) is 0 Å². The van der Waals surface area contributed by atoms with Gasteiger partial charge in [0.2, 0.25) is 0 Å². The van der Waals surface area contributed by atoms with Crippen molar-refractivity contribution in [2.75, 3.05) is 5.73 Å². The van der Waals surface area contributed by atoms with E-state index in [1.165, 1.54) is 0 Å². The van der Waals surface area contributed by atoms with E-state index in [1.54, 1.807) is 12.3 Å². The van der Waals surface area contributed by atoms with E-state index in [4.69, 9.17) is 10.2 Å². The van der Waals surface area contributed by atoms with Crippen LogP contribution in [0.4, 0.5) is 5.69 Å². The van der Waals surface area contributed by atoms with Gasteiger partial charge in [0.1, 0.15) is 0 Å². The standard InChI is InChI=1S/C4H4INO/c5-4-3(6)1-2-7-4/h1-2H,6H2. The van der Waals surface area contributed by atoms with Crippen LogP contribution in [-0.4, -0.2) is 0 Å². The summed E-state index contributed by atoms with van der Waals surface area (Å²) in [4.78, 5) is 0. The van der Waals surface area contributed by atoms with Crippen molar-refractivity contribution in [3.8, 4) is 0 Å². The summed E-state index contributed by atoms with van der Waals surface area (Å²) >= 11 is 2.03. The number of rotatable bonds is 0. The highest BCUT2D eigenvalue weighted by atomic mass is 127. The summed E-state index contributed by atoms with van der Waals surface area (Å²) in [5, 5.41) is 0. The lowest BCUT2D eigenvalue weighted by Crippen LogP contribution is -1.80. The molecule has 0 bridgehead atoms. The molecule has 0 radical (unpaired) electrons. The molecule has 1 rings (SSSR count). The number of anilines is 1. The molecule has 3 heteroatoms. The third-order valence-electron chi connectivity index (χ3n) is 0.646. The van der Waals surface area contributed by atoms with Crippen molar-refractivity contribution in [3.05, 3.63) is 16.1 Å². The molecule has 1 heterocycles. The summed E-state index contributed by atoms with van der Waals surface area (Å²) in [6.45, 7) is 0. The zero-order valence-corrected chi connectivity index (χ0v) is 5.68. The van der Waals surface area contributed by atoms with Crippen LogP contribution in [0.15, 0.2) is 16.7 Å². The van der Waals surface area contributed by atoms with Crippen LogP contribution in [0.2, 0.25) is 0 Å². The smallest absolute Gasteiger partial charge is 0.186 e. The van der Waals surface area contributed by atoms with Gasteiger partial charge in [-0.25, -0.2) is 0 Å². The zero-order valence-electron chi connectivity index (χ0n) is 3.52. The van der Waals surface area contributed by atoms with E-state index < -0.39 is 0 Å². The van der Waals surface area contributed by atoms with Gasteiger partial charge < -0.3 is 10.2 Å². The number of halogens is 1. The predicted octanol–water partition coefficient (Wildman–Crippen LogP) is 1.47. The third-order valence-corrected chi connectivity index (χ3v) is 1.52.